The molecule has 126 valence electrons. The summed E-state index contributed by atoms with van der Waals surface area (Å²) in [5, 5.41) is 0. The molecule has 3 aromatic heterocycles. The number of nitrogens with zero attached hydrogens (tertiary/aromatic N) is 5. The molecular weight excluding hydrogens is 308 g/mol. The SMILES string of the molecule is Cn1c(=O)c2c(nc(Cc3cccnc3)n2CCCN)n(C)c1=O. The van der Waals surface area contributed by atoms with E-state index >= 15 is 0 Å². The summed E-state index contributed by atoms with van der Waals surface area (Å²) < 4.78 is 4.39. The van der Waals surface area contributed by atoms with Crippen LogP contribution in [-0.4, -0.2) is 30.2 Å². The van der Waals surface area contributed by atoms with Gasteiger partial charge in [-0.2, -0.15) is 0 Å². The maximum atomic E-state index is 12.6. The highest BCUT2D eigenvalue weighted by molar-refractivity contribution is 5.71. The first kappa shape index (κ1) is 16.1. The Morgan fingerprint density at radius 2 is 2.00 bits per heavy atom. The van der Waals surface area contributed by atoms with Gasteiger partial charge in [0.25, 0.3) is 5.56 Å². The molecule has 0 aliphatic heterocycles. The van der Waals surface area contributed by atoms with Crippen LogP contribution in [0.5, 0.6) is 0 Å². The zero-order valence-electron chi connectivity index (χ0n) is 13.8. The molecule has 0 aliphatic carbocycles. The normalized spacial score (nSPS) is 11.3. The summed E-state index contributed by atoms with van der Waals surface area (Å²) in [5.74, 6) is 0.727. The van der Waals surface area contributed by atoms with Gasteiger partial charge in [-0.3, -0.25) is 18.9 Å². The summed E-state index contributed by atoms with van der Waals surface area (Å²) in [7, 11) is 3.10. The number of aromatic nitrogens is 5. The van der Waals surface area contributed by atoms with Crippen molar-refractivity contribution in [3.8, 4) is 0 Å². The van der Waals surface area contributed by atoms with Crippen LogP contribution in [0.25, 0.3) is 11.2 Å². The lowest BCUT2D eigenvalue weighted by Gasteiger charge is -2.09. The number of imidazole rings is 1. The topological polar surface area (TPSA) is 101 Å². The van der Waals surface area contributed by atoms with Gasteiger partial charge in [0.2, 0.25) is 0 Å². The molecule has 3 heterocycles. The molecule has 0 aliphatic rings. The minimum atomic E-state index is -0.385. The maximum Gasteiger partial charge on any atom is 0.332 e. The Hall–Kier alpha value is -2.74. The Kier molecular flexibility index (Phi) is 4.30. The molecule has 0 atom stereocenters. The third-order valence-electron chi connectivity index (χ3n) is 4.10. The Bertz CT molecular complexity index is 984. The molecule has 0 saturated heterocycles. The monoisotopic (exact) mass is 328 g/mol. The first-order chi connectivity index (χ1) is 11.5. The van der Waals surface area contributed by atoms with Gasteiger partial charge in [-0.05, 0) is 24.6 Å². The highest BCUT2D eigenvalue weighted by Crippen LogP contribution is 2.15. The quantitative estimate of drug-likeness (QED) is 0.697. The first-order valence-corrected chi connectivity index (χ1v) is 7.78. The zero-order valence-corrected chi connectivity index (χ0v) is 13.8. The smallest absolute Gasteiger partial charge is 0.330 e. The highest BCUT2D eigenvalue weighted by atomic mass is 16.2. The molecule has 24 heavy (non-hydrogen) atoms. The standard InChI is InChI=1S/C16H20N6O2/c1-20-14-13(15(23)21(2)16(20)24)22(8-4-6-17)12(19-14)9-11-5-3-7-18-10-11/h3,5,7,10H,4,6,8-9,17H2,1-2H3. The van der Waals surface area contributed by atoms with E-state index < -0.39 is 0 Å². The van der Waals surface area contributed by atoms with E-state index in [0.717, 1.165) is 22.4 Å². The van der Waals surface area contributed by atoms with Crippen LogP contribution in [0, 0.1) is 0 Å². The molecule has 3 aromatic rings. The van der Waals surface area contributed by atoms with Crippen molar-refractivity contribution in [2.45, 2.75) is 19.4 Å². The van der Waals surface area contributed by atoms with Crippen molar-refractivity contribution in [1.82, 2.24) is 23.7 Å². The third-order valence-corrected chi connectivity index (χ3v) is 4.10. The highest BCUT2D eigenvalue weighted by Gasteiger charge is 2.18. The summed E-state index contributed by atoms with van der Waals surface area (Å²) in [6.45, 7) is 1.09. The average Bonchev–Trinajstić information content (AvgIpc) is 2.95. The molecule has 0 amide bonds. The van der Waals surface area contributed by atoms with Gasteiger partial charge in [-0.15, -0.1) is 0 Å². The number of fused-ring (bicyclic) bond motifs is 1. The number of aryl methyl sites for hydroxylation is 2. The van der Waals surface area contributed by atoms with Gasteiger partial charge in [-0.1, -0.05) is 6.07 Å². The lowest BCUT2D eigenvalue weighted by molar-refractivity contribution is 0.633. The number of rotatable bonds is 5. The van der Waals surface area contributed by atoms with E-state index in [1.165, 1.54) is 11.6 Å². The summed E-state index contributed by atoms with van der Waals surface area (Å²) in [4.78, 5) is 33.4. The summed E-state index contributed by atoms with van der Waals surface area (Å²) >= 11 is 0. The largest absolute Gasteiger partial charge is 0.332 e. The average molecular weight is 328 g/mol. The molecule has 8 nitrogen and oxygen atoms in total. The lowest BCUT2D eigenvalue weighted by atomic mass is 10.2. The Labute approximate surface area is 138 Å². The minimum Gasteiger partial charge on any atom is -0.330 e. The molecule has 2 N–H and O–H groups in total. The van der Waals surface area contributed by atoms with Gasteiger partial charge in [0.1, 0.15) is 5.82 Å². The van der Waals surface area contributed by atoms with E-state index in [1.807, 2.05) is 16.7 Å². The van der Waals surface area contributed by atoms with E-state index in [0.29, 0.717) is 30.7 Å². The van der Waals surface area contributed by atoms with Crippen molar-refractivity contribution in [1.29, 1.82) is 0 Å². The van der Waals surface area contributed by atoms with Crippen LogP contribution < -0.4 is 17.0 Å². The van der Waals surface area contributed by atoms with Crippen molar-refractivity contribution < 1.29 is 0 Å². The second-order valence-corrected chi connectivity index (χ2v) is 5.74. The molecule has 0 spiro atoms. The Morgan fingerprint density at radius 3 is 2.67 bits per heavy atom. The van der Waals surface area contributed by atoms with E-state index in [1.54, 1.807) is 19.4 Å². The van der Waals surface area contributed by atoms with Crippen molar-refractivity contribution in [3.63, 3.8) is 0 Å². The van der Waals surface area contributed by atoms with Gasteiger partial charge >= 0.3 is 5.69 Å². The van der Waals surface area contributed by atoms with E-state index in [2.05, 4.69) is 9.97 Å². The van der Waals surface area contributed by atoms with Crippen molar-refractivity contribution >= 4 is 11.2 Å². The van der Waals surface area contributed by atoms with Crippen LogP contribution in [-0.2, 0) is 27.1 Å². The molecule has 3 rings (SSSR count). The molecule has 0 saturated carbocycles. The zero-order chi connectivity index (χ0) is 17.3. The van der Waals surface area contributed by atoms with Crippen LogP contribution in [0.2, 0.25) is 0 Å². The van der Waals surface area contributed by atoms with Gasteiger partial charge in [0.15, 0.2) is 11.2 Å². The van der Waals surface area contributed by atoms with Crippen molar-refractivity contribution in [3.05, 3.63) is 56.8 Å². The van der Waals surface area contributed by atoms with Crippen LogP contribution in [0.3, 0.4) is 0 Å². The number of hydrogen-bond acceptors (Lipinski definition) is 5. The van der Waals surface area contributed by atoms with E-state index in [-0.39, 0.29) is 11.2 Å². The van der Waals surface area contributed by atoms with Gasteiger partial charge in [0.05, 0.1) is 0 Å². The van der Waals surface area contributed by atoms with E-state index in [9.17, 15) is 9.59 Å². The molecule has 0 unspecified atom stereocenters. The van der Waals surface area contributed by atoms with Crippen LogP contribution in [0.4, 0.5) is 0 Å². The van der Waals surface area contributed by atoms with Crippen LogP contribution >= 0.6 is 0 Å². The van der Waals surface area contributed by atoms with E-state index in [4.69, 9.17) is 5.73 Å². The van der Waals surface area contributed by atoms with Gasteiger partial charge < -0.3 is 10.3 Å². The summed E-state index contributed by atoms with van der Waals surface area (Å²) in [6.07, 6.45) is 4.73. The Morgan fingerprint density at radius 1 is 1.21 bits per heavy atom. The van der Waals surface area contributed by atoms with Crippen molar-refractivity contribution in [2.75, 3.05) is 6.54 Å². The third kappa shape index (κ3) is 2.65. The summed E-state index contributed by atoms with van der Waals surface area (Å²) in [6, 6.07) is 3.81. The predicted octanol–water partition coefficient (Wildman–Crippen LogP) is -0.232. The molecular formula is C16H20N6O2. The molecule has 8 heteroatoms. The molecule has 0 bridgehead atoms. The lowest BCUT2D eigenvalue weighted by Crippen LogP contribution is -2.37. The van der Waals surface area contributed by atoms with Crippen molar-refractivity contribution in [2.24, 2.45) is 19.8 Å². The fourth-order valence-corrected chi connectivity index (χ4v) is 2.80. The molecule has 0 aromatic carbocycles. The second-order valence-electron chi connectivity index (χ2n) is 5.74. The first-order valence-electron chi connectivity index (χ1n) is 7.78. The van der Waals surface area contributed by atoms with Crippen LogP contribution in [0.15, 0.2) is 34.1 Å². The fraction of sp³-hybridized carbons (Fsp3) is 0.375. The predicted molar refractivity (Wildman–Crippen MR) is 90.9 cm³/mol. The molecule has 0 fully saturated rings. The maximum absolute atomic E-state index is 12.6. The fourth-order valence-electron chi connectivity index (χ4n) is 2.80. The molecule has 0 radical (unpaired) electrons. The number of hydrogen-bond donors (Lipinski definition) is 1. The summed E-state index contributed by atoms with van der Waals surface area (Å²) in [5.41, 5.74) is 6.74. The number of nitrogens with two attached hydrogens (primary N) is 1. The van der Waals surface area contributed by atoms with Crippen LogP contribution in [0.1, 0.15) is 17.8 Å². The van der Waals surface area contributed by atoms with Gasteiger partial charge in [-0.25, -0.2) is 9.78 Å². The second kappa shape index (κ2) is 6.40. The Balaban J connectivity index is 2.25. The number of pyridine rings is 1. The van der Waals surface area contributed by atoms with Gasteiger partial charge in [0, 0.05) is 39.5 Å². The minimum absolute atomic E-state index is 0.338.